The van der Waals surface area contributed by atoms with Crippen molar-refractivity contribution in [2.45, 2.75) is 11.8 Å². The maximum atomic E-state index is 11.4. The molecule has 0 radical (unpaired) electrons. The topological polar surface area (TPSA) is 88.3 Å². The van der Waals surface area contributed by atoms with Crippen molar-refractivity contribution in [3.63, 3.8) is 0 Å². The van der Waals surface area contributed by atoms with Gasteiger partial charge >= 0.3 is 0 Å². The number of nitrogens with zero attached hydrogens (tertiary/aromatic N) is 3. The second kappa shape index (κ2) is 6.38. The molecule has 0 amide bonds. The summed E-state index contributed by atoms with van der Waals surface area (Å²) in [5, 5.41) is 7.40. The largest absolute Gasteiger partial charge is 0.334 e. The van der Waals surface area contributed by atoms with Crippen LogP contribution in [0.3, 0.4) is 0 Å². The summed E-state index contributed by atoms with van der Waals surface area (Å²) < 4.78 is 28.2. The SMILES string of the molecule is CN1CCNCC1c1noc(-c2cccc(CS(C)(=O)=O)c2)n1. The number of nitrogens with one attached hydrogen (secondary N) is 1. The minimum Gasteiger partial charge on any atom is -0.334 e. The Kier molecular flexibility index (Phi) is 4.47. The molecule has 0 saturated carbocycles. The molecule has 0 spiro atoms. The molecular weight excluding hydrogens is 316 g/mol. The molecule has 2 aromatic rings. The van der Waals surface area contributed by atoms with Crippen LogP contribution in [0.15, 0.2) is 28.8 Å². The molecule has 0 aliphatic carbocycles. The highest BCUT2D eigenvalue weighted by Crippen LogP contribution is 2.23. The number of piperazine rings is 1. The zero-order valence-corrected chi connectivity index (χ0v) is 14.0. The van der Waals surface area contributed by atoms with Crippen LogP contribution in [0.1, 0.15) is 17.4 Å². The molecule has 0 bridgehead atoms. The third-order valence-corrected chi connectivity index (χ3v) is 4.71. The minimum absolute atomic E-state index is 0.00286. The van der Waals surface area contributed by atoms with Gasteiger partial charge in [0, 0.05) is 31.5 Å². The van der Waals surface area contributed by atoms with Crippen molar-refractivity contribution in [3.05, 3.63) is 35.7 Å². The van der Waals surface area contributed by atoms with Crippen LogP contribution in [-0.4, -0.2) is 56.4 Å². The van der Waals surface area contributed by atoms with E-state index in [9.17, 15) is 8.42 Å². The fraction of sp³-hybridized carbons (Fsp3) is 0.467. The van der Waals surface area contributed by atoms with Gasteiger partial charge in [0.1, 0.15) is 0 Å². The van der Waals surface area contributed by atoms with E-state index in [1.807, 2.05) is 13.1 Å². The molecule has 23 heavy (non-hydrogen) atoms. The van der Waals surface area contributed by atoms with Crippen LogP contribution in [0.2, 0.25) is 0 Å². The van der Waals surface area contributed by atoms with Crippen molar-refractivity contribution in [2.24, 2.45) is 0 Å². The summed E-state index contributed by atoms with van der Waals surface area (Å²) in [6.07, 6.45) is 1.22. The quantitative estimate of drug-likeness (QED) is 0.886. The van der Waals surface area contributed by atoms with Gasteiger partial charge in [0.2, 0.25) is 0 Å². The molecule has 124 valence electrons. The predicted octanol–water partition coefficient (Wildman–Crippen LogP) is 0.857. The molecule has 1 atom stereocenters. The Hall–Kier alpha value is -1.77. The van der Waals surface area contributed by atoms with E-state index < -0.39 is 9.84 Å². The van der Waals surface area contributed by atoms with Gasteiger partial charge in [-0.1, -0.05) is 17.3 Å². The third-order valence-electron chi connectivity index (χ3n) is 3.85. The maximum absolute atomic E-state index is 11.4. The number of sulfone groups is 1. The first-order valence-corrected chi connectivity index (χ1v) is 9.50. The summed E-state index contributed by atoms with van der Waals surface area (Å²) in [7, 11) is -1.04. The first-order chi connectivity index (χ1) is 10.9. The molecule has 1 N–H and O–H groups in total. The Morgan fingerprint density at radius 2 is 2.26 bits per heavy atom. The van der Waals surface area contributed by atoms with Gasteiger partial charge in [-0.05, 0) is 24.7 Å². The average Bonchev–Trinajstić information content (AvgIpc) is 2.96. The monoisotopic (exact) mass is 336 g/mol. The number of likely N-dealkylation sites (N-methyl/N-ethyl adjacent to an activating group) is 1. The van der Waals surface area contributed by atoms with Crippen LogP contribution < -0.4 is 5.32 Å². The highest BCUT2D eigenvalue weighted by molar-refractivity contribution is 7.89. The Bertz CT molecular complexity index is 788. The normalized spacial score (nSPS) is 19.8. The summed E-state index contributed by atoms with van der Waals surface area (Å²) in [6.45, 7) is 2.66. The molecule has 1 unspecified atom stereocenters. The molecule has 1 aromatic carbocycles. The maximum Gasteiger partial charge on any atom is 0.257 e. The molecule has 1 saturated heterocycles. The zero-order valence-electron chi connectivity index (χ0n) is 13.2. The van der Waals surface area contributed by atoms with Crippen molar-refractivity contribution < 1.29 is 12.9 Å². The van der Waals surface area contributed by atoms with E-state index in [0.29, 0.717) is 17.3 Å². The minimum atomic E-state index is -3.08. The smallest absolute Gasteiger partial charge is 0.257 e. The van der Waals surface area contributed by atoms with Crippen LogP contribution in [0, 0.1) is 0 Å². The van der Waals surface area contributed by atoms with Crippen LogP contribution in [0.5, 0.6) is 0 Å². The van der Waals surface area contributed by atoms with Gasteiger partial charge in [-0.25, -0.2) is 8.42 Å². The molecule has 2 heterocycles. The molecule has 7 nitrogen and oxygen atoms in total. The highest BCUT2D eigenvalue weighted by Gasteiger charge is 2.25. The van der Waals surface area contributed by atoms with Gasteiger partial charge in [0.15, 0.2) is 15.7 Å². The number of rotatable bonds is 4. The van der Waals surface area contributed by atoms with Gasteiger partial charge in [-0.15, -0.1) is 0 Å². The molecule has 8 heteroatoms. The lowest BCUT2D eigenvalue weighted by molar-refractivity contribution is 0.190. The number of aromatic nitrogens is 2. The van der Waals surface area contributed by atoms with Crippen molar-refractivity contribution in [3.8, 4) is 11.5 Å². The summed E-state index contributed by atoms with van der Waals surface area (Å²) in [6, 6.07) is 7.28. The van der Waals surface area contributed by atoms with Crippen LogP contribution >= 0.6 is 0 Å². The van der Waals surface area contributed by atoms with Crippen molar-refractivity contribution in [2.75, 3.05) is 32.9 Å². The van der Waals surface area contributed by atoms with Crippen molar-refractivity contribution >= 4 is 9.84 Å². The molecule has 1 aromatic heterocycles. The first kappa shape index (κ1) is 16.1. The summed E-state index contributed by atoms with van der Waals surface area (Å²) in [5.41, 5.74) is 1.44. The van der Waals surface area contributed by atoms with Crippen LogP contribution in [0.4, 0.5) is 0 Å². The van der Waals surface area contributed by atoms with E-state index in [1.54, 1.807) is 18.2 Å². The number of hydrogen-bond acceptors (Lipinski definition) is 7. The van der Waals surface area contributed by atoms with Crippen molar-refractivity contribution in [1.82, 2.24) is 20.4 Å². The molecule has 1 fully saturated rings. The van der Waals surface area contributed by atoms with Gasteiger partial charge in [-0.3, -0.25) is 4.90 Å². The standard InChI is InChI=1S/C15H20N4O3S/c1-19-7-6-16-9-13(19)14-17-15(22-18-14)12-5-3-4-11(8-12)10-23(2,20)21/h3-5,8,13,16H,6-7,9-10H2,1-2H3. The van der Waals surface area contributed by atoms with Crippen molar-refractivity contribution in [1.29, 1.82) is 0 Å². The van der Waals surface area contributed by atoms with Crippen LogP contribution in [-0.2, 0) is 15.6 Å². The third kappa shape index (κ3) is 3.95. The zero-order chi connectivity index (χ0) is 16.4. The van der Waals surface area contributed by atoms with E-state index in [1.165, 1.54) is 6.26 Å². The lowest BCUT2D eigenvalue weighted by atomic mass is 10.1. The number of hydrogen-bond donors (Lipinski definition) is 1. The van der Waals surface area contributed by atoms with Gasteiger partial charge < -0.3 is 9.84 Å². The Morgan fingerprint density at radius 1 is 1.43 bits per heavy atom. The van der Waals surface area contributed by atoms with E-state index in [2.05, 4.69) is 20.4 Å². The lowest BCUT2D eigenvalue weighted by Gasteiger charge is -2.30. The molecule has 3 rings (SSSR count). The average molecular weight is 336 g/mol. The van der Waals surface area contributed by atoms with E-state index in [4.69, 9.17) is 4.52 Å². The Morgan fingerprint density at radius 3 is 3.00 bits per heavy atom. The molecular formula is C15H20N4O3S. The predicted molar refractivity (Wildman–Crippen MR) is 86.5 cm³/mol. The van der Waals surface area contributed by atoms with Gasteiger partial charge in [0.05, 0.1) is 11.8 Å². The lowest BCUT2D eigenvalue weighted by Crippen LogP contribution is -2.44. The van der Waals surface area contributed by atoms with Gasteiger partial charge in [0.25, 0.3) is 5.89 Å². The fourth-order valence-corrected chi connectivity index (χ4v) is 3.46. The first-order valence-electron chi connectivity index (χ1n) is 7.44. The summed E-state index contributed by atoms with van der Waals surface area (Å²) >= 11 is 0. The highest BCUT2D eigenvalue weighted by atomic mass is 32.2. The summed E-state index contributed by atoms with van der Waals surface area (Å²) in [4.78, 5) is 6.67. The molecule has 1 aliphatic rings. The van der Waals surface area contributed by atoms with E-state index in [-0.39, 0.29) is 11.8 Å². The second-order valence-corrected chi connectivity index (χ2v) is 8.07. The summed E-state index contributed by atoms with van der Waals surface area (Å²) in [5.74, 6) is 1.05. The number of benzene rings is 1. The Balaban J connectivity index is 1.84. The fourth-order valence-electron chi connectivity index (χ4n) is 2.68. The Labute approximate surface area is 135 Å². The van der Waals surface area contributed by atoms with E-state index in [0.717, 1.165) is 25.2 Å². The van der Waals surface area contributed by atoms with Gasteiger partial charge in [-0.2, -0.15) is 4.98 Å². The van der Waals surface area contributed by atoms with Crippen LogP contribution in [0.25, 0.3) is 11.5 Å². The van der Waals surface area contributed by atoms with E-state index >= 15 is 0 Å². The second-order valence-electron chi connectivity index (χ2n) is 5.93. The molecule has 1 aliphatic heterocycles.